The summed E-state index contributed by atoms with van der Waals surface area (Å²) in [6.45, 7) is 2.06. The number of primary amides is 1. The highest BCUT2D eigenvalue weighted by molar-refractivity contribution is 5.80. The molecule has 84 valence electrons. The second-order valence-electron chi connectivity index (χ2n) is 6.05. The number of nitrogens with two attached hydrogens (primary N) is 1. The molecular formula is C12H20N2O. The zero-order valence-electron chi connectivity index (χ0n) is 9.49. The Hall–Kier alpha value is -0.570. The fourth-order valence-electron chi connectivity index (χ4n) is 4.58. The SMILES string of the molecule is CNC1C2CC3CC(C)(C(N)=O)CC1C32. The molecule has 3 N–H and O–H groups in total. The summed E-state index contributed by atoms with van der Waals surface area (Å²) in [5.74, 6) is 3.23. The summed E-state index contributed by atoms with van der Waals surface area (Å²) >= 11 is 0. The van der Waals surface area contributed by atoms with Gasteiger partial charge in [-0.05, 0) is 50.0 Å². The van der Waals surface area contributed by atoms with Crippen LogP contribution in [0.1, 0.15) is 26.2 Å². The molecule has 6 unspecified atom stereocenters. The van der Waals surface area contributed by atoms with Crippen molar-refractivity contribution in [3.8, 4) is 0 Å². The summed E-state index contributed by atoms with van der Waals surface area (Å²) in [6, 6.07) is 0.658. The number of hydrogen-bond acceptors (Lipinski definition) is 2. The van der Waals surface area contributed by atoms with Crippen molar-refractivity contribution >= 4 is 5.91 Å². The normalized spacial score (nSPS) is 56.3. The molecule has 0 aliphatic heterocycles. The molecule has 0 radical (unpaired) electrons. The van der Waals surface area contributed by atoms with Gasteiger partial charge < -0.3 is 11.1 Å². The lowest BCUT2D eigenvalue weighted by Crippen LogP contribution is -2.70. The molecule has 6 atom stereocenters. The Labute approximate surface area is 90.8 Å². The lowest BCUT2D eigenvalue weighted by atomic mass is 9.38. The van der Waals surface area contributed by atoms with Gasteiger partial charge in [0.2, 0.25) is 5.91 Å². The quantitative estimate of drug-likeness (QED) is 0.703. The van der Waals surface area contributed by atoms with Crippen LogP contribution in [0.5, 0.6) is 0 Å². The summed E-state index contributed by atoms with van der Waals surface area (Å²) < 4.78 is 0. The third kappa shape index (κ3) is 1.02. The van der Waals surface area contributed by atoms with E-state index in [2.05, 4.69) is 12.2 Å². The average molecular weight is 208 g/mol. The maximum absolute atomic E-state index is 11.5. The average Bonchev–Trinajstić information content (AvgIpc) is 2.11. The lowest BCUT2D eigenvalue weighted by Gasteiger charge is -2.69. The summed E-state index contributed by atoms with van der Waals surface area (Å²) in [6.07, 6.45) is 3.36. The Kier molecular flexibility index (Phi) is 1.77. The zero-order chi connectivity index (χ0) is 10.8. The van der Waals surface area contributed by atoms with Crippen LogP contribution in [0.25, 0.3) is 0 Å². The van der Waals surface area contributed by atoms with E-state index in [1.54, 1.807) is 0 Å². The second kappa shape index (κ2) is 2.76. The van der Waals surface area contributed by atoms with E-state index < -0.39 is 0 Å². The number of amides is 1. The van der Waals surface area contributed by atoms with Gasteiger partial charge in [0.15, 0.2) is 0 Å². The van der Waals surface area contributed by atoms with Crippen LogP contribution < -0.4 is 11.1 Å². The highest BCUT2D eigenvalue weighted by atomic mass is 16.1. The predicted molar refractivity (Wildman–Crippen MR) is 58.0 cm³/mol. The third-order valence-electron chi connectivity index (χ3n) is 5.36. The third-order valence-corrected chi connectivity index (χ3v) is 5.36. The number of carbonyl (C=O) groups excluding carboxylic acids is 1. The highest BCUT2D eigenvalue weighted by Crippen LogP contribution is 2.66. The van der Waals surface area contributed by atoms with Crippen molar-refractivity contribution in [2.24, 2.45) is 34.8 Å². The van der Waals surface area contributed by atoms with Crippen LogP contribution in [-0.4, -0.2) is 19.0 Å². The summed E-state index contributed by atoms with van der Waals surface area (Å²) in [5.41, 5.74) is 5.31. The van der Waals surface area contributed by atoms with E-state index in [1.807, 2.05) is 7.05 Å². The van der Waals surface area contributed by atoms with E-state index >= 15 is 0 Å². The molecule has 0 heterocycles. The van der Waals surface area contributed by atoms with Crippen LogP contribution in [0.15, 0.2) is 0 Å². The molecule has 3 rings (SSSR count). The van der Waals surface area contributed by atoms with E-state index in [-0.39, 0.29) is 11.3 Å². The fourth-order valence-corrected chi connectivity index (χ4v) is 4.58. The monoisotopic (exact) mass is 208 g/mol. The summed E-state index contributed by atoms with van der Waals surface area (Å²) in [7, 11) is 2.05. The molecule has 3 saturated carbocycles. The van der Waals surface area contributed by atoms with Gasteiger partial charge in [0.25, 0.3) is 0 Å². The Bertz CT molecular complexity index is 311. The molecule has 0 saturated heterocycles. The predicted octanol–water partition coefficient (Wildman–Crippen LogP) is 0.742. The molecule has 0 aromatic carbocycles. The van der Waals surface area contributed by atoms with Gasteiger partial charge in [0, 0.05) is 11.5 Å². The first-order valence-electron chi connectivity index (χ1n) is 6.04. The van der Waals surface area contributed by atoms with Crippen LogP contribution in [0.4, 0.5) is 0 Å². The van der Waals surface area contributed by atoms with Crippen molar-refractivity contribution in [1.82, 2.24) is 5.32 Å². The molecular weight excluding hydrogens is 188 g/mol. The molecule has 0 spiro atoms. The molecule has 3 aliphatic carbocycles. The van der Waals surface area contributed by atoms with Gasteiger partial charge in [-0.1, -0.05) is 6.92 Å². The molecule has 3 nitrogen and oxygen atoms in total. The first kappa shape index (κ1) is 9.64. The molecule has 15 heavy (non-hydrogen) atoms. The van der Waals surface area contributed by atoms with Crippen LogP contribution in [0, 0.1) is 29.1 Å². The van der Waals surface area contributed by atoms with Crippen molar-refractivity contribution in [3.05, 3.63) is 0 Å². The summed E-state index contributed by atoms with van der Waals surface area (Å²) in [4.78, 5) is 11.5. The Morgan fingerprint density at radius 3 is 2.73 bits per heavy atom. The molecule has 3 fully saturated rings. The van der Waals surface area contributed by atoms with Gasteiger partial charge in [-0.15, -0.1) is 0 Å². The van der Waals surface area contributed by atoms with Gasteiger partial charge in [-0.25, -0.2) is 0 Å². The second-order valence-corrected chi connectivity index (χ2v) is 6.05. The van der Waals surface area contributed by atoms with Gasteiger partial charge in [-0.2, -0.15) is 0 Å². The van der Waals surface area contributed by atoms with Gasteiger partial charge in [0.1, 0.15) is 0 Å². The van der Waals surface area contributed by atoms with Gasteiger partial charge >= 0.3 is 0 Å². The standard InChI is InChI=1S/C12H20N2O/c1-12(11(13)15)4-6-3-7-9(6)8(5-12)10(7)14-2/h6-10,14H,3-5H2,1-2H3,(H2,13,15). The van der Waals surface area contributed by atoms with E-state index in [0.717, 1.165) is 30.6 Å². The highest BCUT2D eigenvalue weighted by Gasteiger charge is 2.65. The Morgan fingerprint density at radius 2 is 2.13 bits per heavy atom. The molecule has 0 aromatic heterocycles. The van der Waals surface area contributed by atoms with Crippen molar-refractivity contribution in [2.75, 3.05) is 7.05 Å². The van der Waals surface area contributed by atoms with Crippen molar-refractivity contribution in [1.29, 1.82) is 0 Å². The van der Waals surface area contributed by atoms with Gasteiger partial charge in [0.05, 0.1) is 0 Å². The maximum Gasteiger partial charge on any atom is 0.223 e. The number of hydrogen-bond donors (Lipinski definition) is 2. The minimum Gasteiger partial charge on any atom is -0.369 e. The number of nitrogens with one attached hydrogen (secondary N) is 1. The van der Waals surface area contributed by atoms with Crippen molar-refractivity contribution in [2.45, 2.75) is 32.2 Å². The summed E-state index contributed by atoms with van der Waals surface area (Å²) in [5, 5.41) is 3.41. The van der Waals surface area contributed by atoms with Crippen molar-refractivity contribution < 1.29 is 4.79 Å². The minimum atomic E-state index is -0.230. The Morgan fingerprint density at radius 1 is 1.40 bits per heavy atom. The van der Waals surface area contributed by atoms with Crippen LogP contribution in [-0.2, 0) is 4.79 Å². The molecule has 3 heteroatoms. The number of rotatable bonds is 2. The van der Waals surface area contributed by atoms with E-state index in [9.17, 15) is 4.79 Å². The minimum absolute atomic E-state index is 0.0915. The zero-order valence-corrected chi connectivity index (χ0v) is 9.49. The number of carbonyl (C=O) groups is 1. The largest absolute Gasteiger partial charge is 0.369 e. The topological polar surface area (TPSA) is 55.1 Å². The van der Waals surface area contributed by atoms with Crippen LogP contribution in [0.2, 0.25) is 0 Å². The van der Waals surface area contributed by atoms with E-state index in [0.29, 0.717) is 12.0 Å². The van der Waals surface area contributed by atoms with Crippen molar-refractivity contribution in [3.63, 3.8) is 0 Å². The van der Waals surface area contributed by atoms with Crippen LogP contribution in [0.3, 0.4) is 0 Å². The molecule has 3 aliphatic rings. The smallest absolute Gasteiger partial charge is 0.223 e. The fraction of sp³-hybridized carbons (Fsp3) is 0.917. The van der Waals surface area contributed by atoms with Crippen LogP contribution >= 0.6 is 0 Å². The Balaban J connectivity index is 1.82. The molecule has 1 amide bonds. The first-order chi connectivity index (χ1) is 7.07. The van der Waals surface area contributed by atoms with E-state index in [4.69, 9.17) is 5.73 Å². The molecule has 0 bridgehead atoms. The lowest BCUT2D eigenvalue weighted by molar-refractivity contribution is -0.186. The first-order valence-corrected chi connectivity index (χ1v) is 6.04. The van der Waals surface area contributed by atoms with E-state index in [1.165, 1.54) is 6.42 Å². The maximum atomic E-state index is 11.5. The molecule has 0 aromatic rings. The van der Waals surface area contributed by atoms with Gasteiger partial charge in [-0.3, -0.25) is 4.79 Å².